The fourth-order valence-electron chi connectivity index (χ4n) is 0.126. The van der Waals surface area contributed by atoms with Gasteiger partial charge in [0, 0.05) is 0 Å². The van der Waals surface area contributed by atoms with E-state index in [1.165, 1.54) is 0 Å². The topological polar surface area (TPSA) is 45.4 Å². The Hall–Kier alpha value is -1.04. The third-order valence-corrected chi connectivity index (χ3v) is 0.285. The van der Waals surface area contributed by atoms with Crippen molar-refractivity contribution in [2.24, 2.45) is 5.16 Å². The van der Waals surface area contributed by atoms with Gasteiger partial charge in [-0.1, -0.05) is 5.16 Å². The molecule has 0 bridgehead atoms. The van der Waals surface area contributed by atoms with Gasteiger partial charge in [-0.15, -0.1) is 0 Å². The van der Waals surface area contributed by atoms with Crippen molar-refractivity contribution in [3.8, 4) is 6.07 Å². The molecule has 0 saturated carbocycles. The Morgan fingerprint density at radius 3 is 3.00 bits per heavy atom. The molecule has 0 saturated heterocycles. The number of hydrogen-bond donors (Lipinski definition) is 0. The van der Waals surface area contributed by atoms with Crippen molar-refractivity contribution in [2.45, 2.75) is 6.92 Å². The van der Waals surface area contributed by atoms with E-state index < -0.39 is 0 Å². The van der Waals surface area contributed by atoms with Crippen LogP contribution in [0.25, 0.3) is 0 Å². The van der Waals surface area contributed by atoms with E-state index in [1.54, 1.807) is 13.0 Å². The monoisotopic (exact) mass is 97.0 g/mol. The first-order valence-corrected chi connectivity index (χ1v) is 1.77. The Kier molecular flexibility index (Phi) is 4.22. The predicted octanol–water partition coefficient (Wildman–Crippen LogP) is 0.409. The summed E-state index contributed by atoms with van der Waals surface area (Å²) < 4.78 is 0. The molecular weight excluding hydrogens is 92.1 g/mol. The Morgan fingerprint density at radius 1 is 1.86 bits per heavy atom. The summed E-state index contributed by atoms with van der Waals surface area (Å²) in [5.74, 6) is 0. The summed E-state index contributed by atoms with van der Waals surface area (Å²) in [4.78, 5) is 4.28. The van der Waals surface area contributed by atoms with E-state index >= 15 is 0 Å². The van der Waals surface area contributed by atoms with Crippen LogP contribution in [0.5, 0.6) is 0 Å². The molecule has 0 spiro atoms. The number of rotatable bonds is 2. The van der Waals surface area contributed by atoms with Crippen LogP contribution in [0.2, 0.25) is 0 Å². The lowest BCUT2D eigenvalue weighted by molar-refractivity contribution is 0.180. The first-order chi connectivity index (χ1) is 3.41. The molecule has 7 heavy (non-hydrogen) atoms. The van der Waals surface area contributed by atoms with Gasteiger partial charge >= 0.3 is 0 Å². The van der Waals surface area contributed by atoms with Gasteiger partial charge in [0.05, 0.1) is 0 Å². The highest BCUT2D eigenvalue weighted by molar-refractivity contribution is 5.52. The maximum Gasteiger partial charge on any atom is 0.202 e. The standard InChI is InChI=1S/C4H5N2O/c1-2-6-7-4-3-5/h4H2,1H3. The largest absolute Gasteiger partial charge is 0.380 e. The van der Waals surface area contributed by atoms with Gasteiger partial charge in [0.25, 0.3) is 0 Å². The van der Waals surface area contributed by atoms with E-state index in [-0.39, 0.29) is 6.61 Å². The summed E-state index contributed by atoms with van der Waals surface area (Å²) in [5.41, 5.74) is 0. The number of nitrogens with zero attached hydrogens (tertiary/aromatic N) is 2. The van der Waals surface area contributed by atoms with Crippen molar-refractivity contribution < 1.29 is 4.84 Å². The summed E-state index contributed by atoms with van der Waals surface area (Å²) in [6.07, 6.45) is 2.35. The number of nitriles is 1. The molecule has 0 fully saturated rings. The van der Waals surface area contributed by atoms with Crippen molar-refractivity contribution in [1.29, 1.82) is 5.26 Å². The average Bonchev–Trinajstić information content (AvgIpc) is 1.69. The number of hydrogen-bond acceptors (Lipinski definition) is 3. The fraction of sp³-hybridized carbons (Fsp3) is 0.500. The molecule has 0 aliphatic carbocycles. The minimum absolute atomic E-state index is 0.000833. The zero-order chi connectivity index (χ0) is 5.54. The van der Waals surface area contributed by atoms with E-state index in [4.69, 9.17) is 5.26 Å². The van der Waals surface area contributed by atoms with Crippen molar-refractivity contribution in [1.82, 2.24) is 0 Å². The third-order valence-electron chi connectivity index (χ3n) is 0.285. The molecule has 1 radical (unpaired) electrons. The normalized spacial score (nSPS) is 8.57. The van der Waals surface area contributed by atoms with Gasteiger partial charge in [-0.05, 0) is 6.92 Å². The van der Waals surface area contributed by atoms with Crippen LogP contribution in [-0.4, -0.2) is 12.8 Å². The molecule has 0 amide bonds. The lowest BCUT2D eigenvalue weighted by atomic mass is 10.8. The van der Waals surface area contributed by atoms with E-state index in [0.717, 1.165) is 0 Å². The van der Waals surface area contributed by atoms with Gasteiger partial charge in [0.2, 0.25) is 6.61 Å². The highest BCUT2D eigenvalue weighted by Crippen LogP contribution is 1.68. The molecule has 3 heteroatoms. The Balaban J connectivity index is 2.87. The highest BCUT2D eigenvalue weighted by atomic mass is 16.6. The Labute approximate surface area is 42.2 Å². The molecule has 0 aliphatic heterocycles. The quantitative estimate of drug-likeness (QED) is 0.284. The smallest absolute Gasteiger partial charge is 0.202 e. The van der Waals surface area contributed by atoms with Crippen LogP contribution in [0.3, 0.4) is 0 Å². The molecule has 0 aromatic rings. The van der Waals surface area contributed by atoms with Crippen molar-refractivity contribution in [2.75, 3.05) is 6.61 Å². The maximum atomic E-state index is 7.83. The van der Waals surface area contributed by atoms with E-state index in [0.29, 0.717) is 0 Å². The SMILES string of the molecule is C/[C]=N/OCC#N. The minimum atomic E-state index is 0.000833. The Morgan fingerprint density at radius 2 is 2.57 bits per heavy atom. The summed E-state index contributed by atoms with van der Waals surface area (Å²) in [5, 5.41) is 11.0. The summed E-state index contributed by atoms with van der Waals surface area (Å²) in [6, 6.07) is 1.75. The molecule has 37 valence electrons. The van der Waals surface area contributed by atoms with Crippen LogP contribution in [0.1, 0.15) is 6.92 Å². The van der Waals surface area contributed by atoms with E-state index in [2.05, 4.69) is 16.2 Å². The van der Waals surface area contributed by atoms with Crippen molar-refractivity contribution >= 4 is 6.21 Å². The molecule has 0 N–H and O–H groups in total. The second-order valence-electron chi connectivity index (χ2n) is 0.746. The first-order valence-electron chi connectivity index (χ1n) is 1.77. The zero-order valence-corrected chi connectivity index (χ0v) is 4.01. The molecular formula is C4H5N2O. The van der Waals surface area contributed by atoms with Crippen LogP contribution in [0.4, 0.5) is 0 Å². The second-order valence-corrected chi connectivity index (χ2v) is 0.746. The predicted molar refractivity (Wildman–Crippen MR) is 24.7 cm³/mol. The molecule has 0 aromatic carbocycles. The lowest BCUT2D eigenvalue weighted by Gasteiger charge is -1.81. The van der Waals surface area contributed by atoms with Gasteiger partial charge < -0.3 is 4.84 Å². The van der Waals surface area contributed by atoms with Crippen LogP contribution in [0, 0.1) is 11.3 Å². The highest BCUT2D eigenvalue weighted by Gasteiger charge is 1.69. The molecule has 3 nitrogen and oxygen atoms in total. The van der Waals surface area contributed by atoms with Gasteiger partial charge in [-0.3, -0.25) is 0 Å². The second kappa shape index (κ2) is 4.96. The Bertz CT molecular complexity index is 92.4. The van der Waals surface area contributed by atoms with Gasteiger partial charge in [0.1, 0.15) is 12.3 Å². The molecule has 0 atom stereocenters. The summed E-state index contributed by atoms with van der Waals surface area (Å²) >= 11 is 0. The van der Waals surface area contributed by atoms with Crippen LogP contribution in [0.15, 0.2) is 5.16 Å². The first kappa shape index (κ1) is 5.96. The van der Waals surface area contributed by atoms with Crippen molar-refractivity contribution in [3.05, 3.63) is 0 Å². The average molecular weight is 97.1 g/mol. The van der Waals surface area contributed by atoms with Gasteiger partial charge in [0.15, 0.2) is 0 Å². The zero-order valence-electron chi connectivity index (χ0n) is 4.01. The fourth-order valence-corrected chi connectivity index (χ4v) is 0.126. The summed E-state index contributed by atoms with van der Waals surface area (Å²) in [7, 11) is 0. The van der Waals surface area contributed by atoms with Crippen molar-refractivity contribution in [3.63, 3.8) is 0 Å². The van der Waals surface area contributed by atoms with E-state index in [1.807, 2.05) is 0 Å². The minimum Gasteiger partial charge on any atom is -0.380 e. The third kappa shape index (κ3) is 4.96. The van der Waals surface area contributed by atoms with E-state index in [9.17, 15) is 0 Å². The summed E-state index contributed by atoms with van der Waals surface area (Å²) in [6.45, 7) is 1.60. The van der Waals surface area contributed by atoms with Crippen LogP contribution >= 0.6 is 0 Å². The maximum absolute atomic E-state index is 7.83. The van der Waals surface area contributed by atoms with Crippen LogP contribution < -0.4 is 0 Å². The van der Waals surface area contributed by atoms with Gasteiger partial charge in [-0.2, -0.15) is 5.26 Å². The lowest BCUT2D eigenvalue weighted by Crippen LogP contribution is -1.79. The molecule has 0 aromatic heterocycles. The molecule has 0 heterocycles. The van der Waals surface area contributed by atoms with Crippen LogP contribution in [-0.2, 0) is 4.84 Å². The van der Waals surface area contributed by atoms with Gasteiger partial charge in [-0.25, -0.2) is 0 Å². The molecule has 0 aliphatic rings. The molecule has 0 rings (SSSR count). The molecule has 0 unspecified atom stereocenters.